The zero-order valence-electron chi connectivity index (χ0n) is 9.11. The Bertz CT molecular complexity index is 220. The molecule has 0 radical (unpaired) electrons. The Kier molecular flexibility index (Phi) is 5.22. The summed E-state index contributed by atoms with van der Waals surface area (Å²) in [6.45, 7) is 7.48. The predicted molar refractivity (Wildman–Crippen MR) is 57.0 cm³/mol. The second kappa shape index (κ2) is 6.54. The molecule has 14 heavy (non-hydrogen) atoms. The van der Waals surface area contributed by atoms with Gasteiger partial charge in [-0.2, -0.15) is 5.10 Å². The van der Waals surface area contributed by atoms with Gasteiger partial charge in [-0.05, 0) is 18.9 Å². The van der Waals surface area contributed by atoms with E-state index in [1.165, 1.54) is 12.8 Å². The molecular formula is C10H20N4. The van der Waals surface area contributed by atoms with E-state index in [1.54, 1.807) is 12.7 Å². The van der Waals surface area contributed by atoms with E-state index in [0.29, 0.717) is 0 Å². The van der Waals surface area contributed by atoms with Crippen LogP contribution >= 0.6 is 0 Å². The average Bonchev–Trinajstić information content (AvgIpc) is 2.65. The van der Waals surface area contributed by atoms with Crippen LogP contribution in [0.2, 0.25) is 0 Å². The third-order valence-electron chi connectivity index (χ3n) is 2.26. The summed E-state index contributed by atoms with van der Waals surface area (Å²) in [5, 5.41) is 7.45. The first-order valence-electron chi connectivity index (χ1n) is 5.36. The van der Waals surface area contributed by atoms with Crippen molar-refractivity contribution in [2.24, 2.45) is 5.92 Å². The van der Waals surface area contributed by atoms with Crippen molar-refractivity contribution in [2.75, 3.05) is 13.1 Å². The number of rotatable bonds is 7. The quantitative estimate of drug-likeness (QED) is 0.668. The van der Waals surface area contributed by atoms with Crippen molar-refractivity contribution in [2.45, 2.75) is 33.2 Å². The lowest BCUT2D eigenvalue weighted by Crippen LogP contribution is -2.25. The summed E-state index contributed by atoms with van der Waals surface area (Å²) in [6, 6.07) is 0. The van der Waals surface area contributed by atoms with E-state index in [1.807, 2.05) is 4.68 Å². The van der Waals surface area contributed by atoms with Gasteiger partial charge in [0.1, 0.15) is 12.7 Å². The molecular weight excluding hydrogens is 176 g/mol. The Balaban J connectivity index is 1.99. The maximum absolute atomic E-state index is 4.03. The number of aromatic nitrogens is 3. The molecule has 4 heteroatoms. The zero-order valence-corrected chi connectivity index (χ0v) is 9.11. The van der Waals surface area contributed by atoms with Gasteiger partial charge in [-0.1, -0.05) is 20.3 Å². The molecule has 1 N–H and O–H groups in total. The maximum Gasteiger partial charge on any atom is 0.137 e. The fourth-order valence-electron chi connectivity index (χ4n) is 1.49. The van der Waals surface area contributed by atoms with Crippen LogP contribution in [0.1, 0.15) is 26.7 Å². The number of nitrogens with zero attached hydrogens (tertiary/aromatic N) is 3. The van der Waals surface area contributed by atoms with E-state index in [9.17, 15) is 0 Å². The molecule has 0 aliphatic heterocycles. The summed E-state index contributed by atoms with van der Waals surface area (Å²) in [4.78, 5) is 3.89. The van der Waals surface area contributed by atoms with Crippen LogP contribution in [-0.2, 0) is 6.54 Å². The van der Waals surface area contributed by atoms with E-state index >= 15 is 0 Å². The smallest absolute Gasteiger partial charge is 0.137 e. The summed E-state index contributed by atoms with van der Waals surface area (Å²) in [5.41, 5.74) is 0. The molecule has 1 atom stereocenters. The molecule has 0 aliphatic carbocycles. The largest absolute Gasteiger partial charge is 0.315 e. The van der Waals surface area contributed by atoms with Crippen molar-refractivity contribution in [1.29, 1.82) is 0 Å². The molecule has 0 fully saturated rings. The Hall–Kier alpha value is -0.900. The zero-order chi connectivity index (χ0) is 10.2. The second-order valence-corrected chi connectivity index (χ2v) is 3.76. The molecule has 1 aromatic heterocycles. The Labute approximate surface area is 85.7 Å². The topological polar surface area (TPSA) is 42.7 Å². The highest BCUT2D eigenvalue weighted by Crippen LogP contribution is 2.02. The summed E-state index contributed by atoms with van der Waals surface area (Å²) in [6.07, 6.45) is 5.89. The first kappa shape index (κ1) is 11.2. The fourth-order valence-corrected chi connectivity index (χ4v) is 1.49. The maximum atomic E-state index is 4.03. The molecule has 1 heterocycles. The van der Waals surface area contributed by atoms with Crippen molar-refractivity contribution in [1.82, 2.24) is 20.1 Å². The summed E-state index contributed by atoms with van der Waals surface area (Å²) < 4.78 is 1.84. The lowest BCUT2D eigenvalue weighted by atomic mass is 10.1. The van der Waals surface area contributed by atoms with Gasteiger partial charge in [-0.15, -0.1) is 0 Å². The highest BCUT2D eigenvalue weighted by atomic mass is 15.3. The minimum absolute atomic E-state index is 0.774. The normalized spacial score (nSPS) is 13.0. The van der Waals surface area contributed by atoms with Crippen molar-refractivity contribution in [3.63, 3.8) is 0 Å². The minimum Gasteiger partial charge on any atom is -0.315 e. The van der Waals surface area contributed by atoms with E-state index in [-0.39, 0.29) is 0 Å². The van der Waals surface area contributed by atoms with E-state index in [2.05, 4.69) is 29.2 Å². The Morgan fingerprint density at radius 2 is 2.36 bits per heavy atom. The minimum atomic E-state index is 0.774. The van der Waals surface area contributed by atoms with Gasteiger partial charge in [0.25, 0.3) is 0 Å². The third-order valence-corrected chi connectivity index (χ3v) is 2.26. The van der Waals surface area contributed by atoms with Crippen LogP contribution in [0.15, 0.2) is 12.7 Å². The van der Waals surface area contributed by atoms with Crippen molar-refractivity contribution in [3.8, 4) is 0 Å². The number of nitrogens with one attached hydrogen (secondary N) is 1. The van der Waals surface area contributed by atoms with Crippen molar-refractivity contribution >= 4 is 0 Å². The molecule has 80 valence electrons. The second-order valence-electron chi connectivity index (χ2n) is 3.76. The van der Waals surface area contributed by atoms with Gasteiger partial charge < -0.3 is 5.32 Å². The van der Waals surface area contributed by atoms with Crippen LogP contribution in [0.3, 0.4) is 0 Å². The van der Waals surface area contributed by atoms with E-state index in [4.69, 9.17) is 0 Å². The van der Waals surface area contributed by atoms with Gasteiger partial charge in [0.2, 0.25) is 0 Å². The fraction of sp³-hybridized carbons (Fsp3) is 0.800. The molecule has 0 saturated heterocycles. The molecule has 0 spiro atoms. The molecule has 1 unspecified atom stereocenters. The standard InChI is InChI=1S/C10H20N4/c1-3-4-10(2)7-11-5-6-14-9-12-8-13-14/h8-11H,3-7H2,1-2H3. The predicted octanol–water partition coefficient (Wildman–Crippen LogP) is 1.30. The van der Waals surface area contributed by atoms with Gasteiger partial charge in [0.05, 0.1) is 6.54 Å². The Morgan fingerprint density at radius 1 is 1.50 bits per heavy atom. The molecule has 0 bridgehead atoms. The van der Waals surface area contributed by atoms with Gasteiger partial charge in [-0.3, -0.25) is 4.68 Å². The van der Waals surface area contributed by atoms with Gasteiger partial charge in [-0.25, -0.2) is 4.98 Å². The SMILES string of the molecule is CCCC(C)CNCCn1cncn1. The lowest BCUT2D eigenvalue weighted by Gasteiger charge is -2.10. The summed E-state index contributed by atoms with van der Waals surface area (Å²) in [5.74, 6) is 0.774. The summed E-state index contributed by atoms with van der Waals surface area (Å²) >= 11 is 0. The molecule has 0 saturated carbocycles. The Morgan fingerprint density at radius 3 is 3.00 bits per heavy atom. The van der Waals surface area contributed by atoms with Crippen LogP contribution in [0, 0.1) is 5.92 Å². The first-order valence-corrected chi connectivity index (χ1v) is 5.36. The van der Waals surface area contributed by atoms with E-state index in [0.717, 1.165) is 25.6 Å². The monoisotopic (exact) mass is 196 g/mol. The van der Waals surface area contributed by atoms with Crippen molar-refractivity contribution < 1.29 is 0 Å². The first-order chi connectivity index (χ1) is 6.83. The molecule has 4 nitrogen and oxygen atoms in total. The lowest BCUT2D eigenvalue weighted by molar-refractivity contribution is 0.458. The van der Waals surface area contributed by atoms with Crippen LogP contribution < -0.4 is 5.32 Å². The molecule has 1 rings (SSSR count). The number of hydrogen-bond donors (Lipinski definition) is 1. The summed E-state index contributed by atoms with van der Waals surface area (Å²) in [7, 11) is 0. The number of hydrogen-bond acceptors (Lipinski definition) is 3. The molecule has 0 aliphatic rings. The molecule has 0 amide bonds. The highest BCUT2D eigenvalue weighted by Gasteiger charge is 1.99. The highest BCUT2D eigenvalue weighted by molar-refractivity contribution is 4.59. The van der Waals surface area contributed by atoms with E-state index < -0.39 is 0 Å². The van der Waals surface area contributed by atoms with Crippen LogP contribution in [0.4, 0.5) is 0 Å². The van der Waals surface area contributed by atoms with Gasteiger partial charge in [0, 0.05) is 6.54 Å². The van der Waals surface area contributed by atoms with Gasteiger partial charge >= 0.3 is 0 Å². The molecule has 1 aromatic rings. The third kappa shape index (κ3) is 4.37. The average molecular weight is 196 g/mol. The van der Waals surface area contributed by atoms with Crippen LogP contribution in [0.5, 0.6) is 0 Å². The molecule has 0 aromatic carbocycles. The van der Waals surface area contributed by atoms with Crippen molar-refractivity contribution in [3.05, 3.63) is 12.7 Å². The van der Waals surface area contributed by atoms with Crippen LogP contribution in [0.25, 0.3) is 0 Å². The van der Waals surface area contributed by atoms with Crippen LogP contribution in [-0.4, -0.2) is 27.9 Å². The van der Waals surface area contributed by atoms with Gasteiger partial charge in [0.15, 0.2) is 0 Å².